The molecule has 12 heavy (non-hydrogen) atoms. The molecule has 4 heteroatoms. The van der Waals surface area contributed by atoms with Crippen LogP contribution in [0.15, 0.2) is 24.3 Å². The summed E-state index contributed by atoms with van der Waals surface area (Å²) in [6, 6.07) is 6.39. The van der Waals surface area contributed by atoms with Gasteiger partial charge in [0.15, 0.2) is 0 Å². The summed E-state index contributed by atoms with van der Waals surface area (Å²) in [5.74, 6) is -0.220. The Morgan fingerprint density at radius 2 is 2.00 bits per heavy atom. The Morgan fingerprint density at radius 3 is 2.50 bits per heavy atom. The lowest BCUT2D eigenvalue weighted by Gasteiger charge is -2.02. The van der Waals surface area contributed by atoms with Gasteiger partial charge in [-0.05, 0) is 24.3 Å². The first-order valence-corrected chi connectivity index (χ1v) is 3.49. The molecule has 0 unspecified atom stereocenters. The zero-order valence-corrected chi connectivity index (χ0v) is 6.45. The van der Waals surface area contributed by atoms with E-state index in [9.17, 15) is 4.79 Å². The lowest BCUT2D eigenvalue weighted by atomic mass is 10.3. The van der Waals surface area contributed by atoms with Crippen molar-refractivity contribution in [3.05, 3.63) is 24.3 Å². The third kappa shape index (κ3) is 2.49. The summed E-state index contributed by atoms with van der Waals surface area (Å²) in [6.07, 6.45) is 0. The highest BCUT2D eigenvalue weighted by Crippen LogP contribution is 2.12. The minimum absolute atomic E-state index is 0.102. The monoisotopic (exact) mass is 166 g/mol. The van der Waals surface area contributed by atoms with Crippen molar-refractivity contribution in [1.82, 2.24) is 0 Å². The van der Waals surface area contributed by atoms with Crippen molar-refractivity contribution in [3.63, 3.8) is 0 Å². The van der Waals surface area contributed by atoms with Crippen LogP contribution in [0.2, 0.25) is 0 Å². The zero-order valence-electron chi connectivity index (χ0n) is 6.45. The Morgan fingerprint density at radius 1 is 1.42 bits per heavy atom. The smallest absolute Gasteiger partial charge is 0.236 e. The third-order valence-corrected chi connectivity index (χ3v) is 1.33. The second-order valence-corrected chi connectivity index (χ2v) is 2.37. The molecular formula is C8H10N2O2. The number of carbonyl (C=O) groups excluding carboxylic acids is 1. The van der Waals surface area contributed by atoms with Gasteiger partial charge in [0.25, 0.3) is 0 Å². The predicted octanol–water partition coefficient (Wildman–Crippen LogP) is 0.289. The fourth-order valence-corrected chi connectivity index (χ4v) is 0.768. The van der Waals surface area contributed by atoms with E-state index < -0.39 is 5.91 Å². The van der Waals surface area contributed by atoms with Crippen LogP contribution < -0.4 is 11.1 Å². The van der Waals surface area contributed by atoms with Gasteiger partial charge in [-0.3, -0.25) is 4.79 Å². The molecule has 1 amide bonds. The Kier molecular flexibility index (Phi) is 2.53. The van der Waals surface area contributed by atoms with Gasteiger partial charge in [0.05, 0.1) is 6.54 Å². The molecule has 0 atom stereocenters. The molecule has 0 saturated heterocycles. The van der Waals surface area contributed by atoms with Crippen molar-refractivity contribution in [2.24, 2.45) is 5.73 Å². The van der Waals surface area contributed by atoms with Crippen molar-refractivity contribution in [3.8, 4) is 5.75 Å². The molecular weight excluding hydrogens is 156 g/mol. The quantitative estimate of drug-likeness (QED) is 0.565. The van der Waals surface area contributed by atoms with Crippen LogP contribution in [0.1, 0.15) is 0 Å². The molecule has 0 fully saturated rings. The average Bonchev–Trinajstić information content (AvgIpc) is 2.03. The number of amides is 1. The summed E-state index contributed by atoms with van der Waals surface area (Å²) in [5, 5.41) is 11.7. The number of aromatic hydroxyl groups is 1. The minimum atomic E-state index is -0.414. The Bertz CT molecular complexity index is 269. The number of nitrogens with two attached hydrogens (primary N) is 1. The number of hydrogen-bond donors (Lipinski definition) is 3. The molecule has 4 nitrogen and oxygen atoms in total. The Hall–Kier alpha value is -1.71. The maximum absolute atomic E-state index is 10.3. The van der Waals surface area contributed by atoms with Gasteiger partial charge in [0, 0.05) is 5.69 Å². The van der Waals surface area contributed by atoms with E-state index in [2.05, 4.69) is 5.32 Å². The molecule has 0 aliphatic rings. The van der Waals surface area contributed by atoms with Crippen LogP contribution >= 0.6 is 0 Å². The van der Waals surface area contributed by atoms with E-state index in [1.54, 1.807) is 12.1 Å². The highest BCUT2D eigenvalue weighted by atomic mass is 16.3. The summed E-state index contributed by atoms with van der Waals surface area (Å²) >= 11 is 0. The maximum Gasteiger partial charge on any atom is 0.236 e. The number of phenols is 1. The van der Waals surface area contributed by atoms with E-state index >= 15 is 0 Å². The van der Waals surface area contributed by atoms with Crippen LogP contribution in [0.4, 0.5) is 5.69 Å². The molecule has 64 valence electrons. The second kappa shape index (κ2) is 3.61. The van der Waals surface area contributed by atoms with E-state index in [-0.39, 0.29) is 12.3 Å². The summed E-state index contributed by atoms with van der Waals surface area (Å²) in [4.78, 5) is 10.3. The van der Waals surface area contributed by atoms with Crippen LogP contribution in [0, 0.1) is 0 Å². The van der Waals surface area contributed by atoms with E-state index in [0.717, 1.165) is 5.69 Å². The van der Waals surface area contributed by atoms with Crippen LogP contribution in [0.5, 0.6) is 5.75 Å². The summed E-state index contributed by atoms with van der Waals surface area (Å²) in [7, 11) is 0. The largest absolute Gasteiger partial charge is 0.508 e. The minimum Gasteiger partial charge on any atom is -0.508 e. The Labute approximate surface area is 70.0 Å². The number of hydrogen-bond acceptors (Lipinski definition) is 3. The second-order valence-electron chi connectivity index (χ2n) is 2.37. The van der Waals surface area contributed by atoms with Gasteiger partial charge in [-0.15, -0.1) is 0 Å². The lowest BCUT2D eigenvalue weighted by molar-refractivity contribution is -0.116. The standard InChI is InChI=1S/C8H10N2O2/c9-8(12)5-10-6-1-3-7(11)4-2-6/h1-4,10-11H,5H2,(H2,9,12). The van der Waals surface area contributed by atoms with Gasteiger partial charge >= 0.3 is 0 Å². The number of anilines is 1. The van der Waals surface area contributed by atoms with Crippen molar-refractivity contribution < 1.29 is 9.90 Å². The molecule has 1 aromatic rings. The predicted molar refractivity (Wildman–Crippen MR) is 45.8 cm³/mol. The van der Waals surface area contributed by atoms with Crippen molar-refractivity contribution in [1.29, 1.82) is 0 Å². The van der Waals surface area contributed by atoms with Crippen molar-refractivity contribution in [2.75, 3.05) is 11.9 Å². The van der Waals surface area contributed by atoms with Gasteiger partial charge in [-0.25, -0.2) is 0 Å². The number of carbonyl (C=O) groups is 1. The van der Waals surface area contributed by atoms with Crippen LogP contribution in [0.3, 0.4) is 0 Å². The molecule has 0 radical (unpaired) electrons. The number of nitrogens with one attached hydrogen (secondary N) is 1. The van der Waals surface area contributed by atoms with Gasteiger partial charge < -0.3 is 16.2 Å². The molecule has 0 spiro atoms. The lowest BCUT2D eigenvalue weighted by Crippen LogP contribution is -2.21. The highest BCUT2D eigenvalue weighted by molar-refractivity contribution is 5.78. The third-order valence-electron chi connectivity index (χ3n) is 1.33. The summed E-state index contributed by atoms with van der Waals surface area (Å²) < 4.78 is 0. The van der Waals surface area contributed by atoms with E-state index in [1.807, 2.05) is 0 Å². The van der Waals surface area contributed by atoms with Gasteiger partial charge in [0.1, 0.15) is 5.75 Å². The molecule has 0 heterocycles. The molecule has 0 aromatic heterocycles. The fourth-order valence-electron chi connectivity index (χ4n) is 0.768. The van der Waals surface area contributed by atoms with E-state index in [1.165, 1.54) is 12.1 Å². The van der Waals surface area contributed by atoms with Crippen LogP contribution in [-0.4, -0.2) is 17.6 Å². The van der Waals surface area contributed by atoms with E-state index in [0.29, 0.717) is 0 Å². The number of primary amides is 1. The zero-order chi connectivity index (χ0) is 8.97. The first kappa shape index (κ1) is 8.39. The fraction of sp³-hybridized carbons (Fsp3) is 0.125. The van der Waals surface area contributed by atoms with Gasteiger partial charge in [-0.2, -0.15) is 0 Å². The molecule has 0 aliphatic heterocycles. The molecule has 0 saturated carbocycles. The first-order chi connectivity index (χ1) is 5.68. The molecule has 1 rings (SSSR count). The Balaban J connectivity index is 2.53. The SMILES string of the molecule is NC(=O)CNc1ccc(O)cc1. The number of benzene rings is 1. The summed E-state index contributed by atoms with van der Waals surface area (Å²) in [6.45, 7) is 0.102. The van der Waals surface area contributed by atoms with Crippen molar-refractivity contribution in [2.45, 2.75) is 0 Å². The molecule has 4 N–H and O–H groups in total. The van der Waals surface area contributed by atoms with Crippen LogP contribution in [-0.2, 0) is 4.79 Å². The van der Waals surface area contributed by atoms with Crippen LogP contribution in [0.25, 0.3) is 0 Å². The average molecular weight is 166 g/mol. The maximum atomic E-state index is 10.3. The summed E-state index contributed by atoms with van der Waals surface area (Å²) in [5.41, 5.74) is 5.68. The van der Waals surface area contributed by atoms with Gasteiger partial charge in [-0.1, -0.05) is 0 Å². The molecule has 0 bridgehead atoms. The van der Waals surface area contributed by atoms with Gasteiger partial charge in [0.2, 0.25) is 5.91 Å². The van der Waals surface area contributed by atoms with E-state index in [4.69, 9.17) is 10.8 Å². The van der Waals surface area contributed by atoms with Crippen molar-refractivity contribution >= 4 is 11.6 Å². The number of rotatable bonds is 3. The molecule has 0 aliphatic carbocycles. The number of phenolic OH excluding ortho intramolecular Hbond substituents is 1. The topological polar surface area (TPSA) is 75.4 Å². The normalized spacial score (nSPS) is 9.33. The first-order valence-electron chi connectivity index (χ1n) is 3.49. The highest BCUT2D eigenvalue weighted by Gasteiger charge is 1.94. The molecule has 1 aromatic carbocycles.